The predicted molar refractivity (Wildman–Crippen MR) is 116 cm³/mol. The molecule has 0 radical (unpaired) electrons. The summed E-state index contributed by atoms with van der Waals surface area (Å²) in [4.78, 5) is 45.3. The number of hydrogen-bond acceptors (Lipinski definition) is 6. The summed E-state index contributed by atoms with van der Waals surface area (Å²) in [6, 6.07) is 8.50. The van der Waals surface area contributed by atoms with E-state index in [1.54, 1.807) is 11.8 Å². The van der Waals surface area contributed by atoms with Gasteiger partial charge in [0.1, 0.15) is 11.1 Å². The molecular formula is C22H22N4O4S. The number of ether oxygens (including phenoxy) is 1. The summed E-state index contributed by atoms with van der Waals surface area (Å²) in [6.45, 7) is 3.11. The lowest BCUT2D eigenvalue weighted by molar-refractivity contribution is 0.0528. The Morgan fingerprint density at radius 1 is 1.23 bits per heavy atom. The monoisotopic (exact) mass is 438 g/mol. The molecule has 1 spiro atoms. The van der Waals surface area contributed by atoms with Crippen molar-refractivity contribution in [1.82, 2.24) is 19.5 Å². The van der Waals surface area contributed by atoms with Gasteiger partial charge in [-0.1, -0.05) is 18.2 Å². The molecule has 0 atom stereocenters. The minimum Gasteiger partial charge on any atom is -0.462 e. The van der Waals surface area contributed by atoms with Gasteiger partial charge in [-0.2, -0.15) is 0 Å². The second-order valence-electron chi connectivity index (χ2n) is 7.90. The molecule has 1 fully saturated rings. The first-order valence-electron chi connectivity index (χ1n) is 10.3. The Morgan fingerprint density at radius 2 is 2.00 bits per heavy atom. The highest BCUT2D eigenvalue weighted by Crippen LogP contribution is 2.49. The second kappa shape index (κ2) is 7.56. The third kappa shape index (κ3) is 3.15. The number of piperidine rings is 1. The first-order valence-corrected chi connectivity index (χ1v) is 11.3. The van der Waals surface area contributed by atoms with Gasteiger partial charge >= 0.3 is 5.97 Å². The summed E-state index contributed by atoms with van der Waals surface area (Å²) in [6.07, 6.45) is 4.38. The molecule has 0 bridgehead atoms. The average molecular weight is 439 g/mol. The van der Waals surface area contributed by atoms with E-state index in [4.69, 9.17) is 4.74 Å². The van der Waals surface area contributed by atoms with Gasteiger partial charge in [-0.25, -0.2) is 14.3 Å². The zero-order valence-corrected chi connectivity index (χ0v) is 17.9. The number of benzene rings is 1. The van der Waals surface area contributed by atoms with Crippen molar-refractivity contribution in [3.8, 4) is 0 Å². The zero-order valence-electron chi connectivity index (χ0n) is 17.1. The van der Waals surface area contributed by atoms with Crippen LogP contribution in [0.15, 0.2) is 46.3 Å². The molecule has 5 rings (SSSR count). The van der Waals surface area contributed by atoms with Gasteiger partial charge in [-0.3, -0.25) is 14.7 Å². The highest BCUT2D eigenvalue weighted by atomic mass is 32.2. The van der Waals surface area contributed by atoms with Crippen LogP contribution in [-0.2, 0) is 10.2 Å². The van der Waals surface area contributed by atoms with Crippen molar-refractivity contribution in [3.63, 3.8) is 0 Å². The lowest BCUT2D eigenvalue weighted by atomic mass is 9.74. The molecule has 2 aromatic heterocycles. The topological polar surface area (TPSA) is 96.8 Å². The van der Waals surface area contributed by atoms with Gasteiger partial charge in [0, 0.05) is 41.5 Å². The Morgan fingerprint density at radius 3 is 2.77 bits per heavy atom. The van der Waals surface area contributed by atoms with Gasteiger partial charge < -0.3 is 9.64 Å². The number of esters is 1. The predicted octanol–water partition coefficient (Wildman–Crippen LogP) is 2.48. The number of nitrogens with zero attached hydrogens (tertiary/aromatic N) is 3. The first kappa shape index (κ1) is 19.9. The quantitative estimate of drug-likeness (QED) is 0.631. The van der Waals surface area contributed by atoms with Gasteiger partial charge in [-0.05, 0) is 31.4 Å². The van der Waals surface area contributed by atoms with E-state index in [0.717, 1.165) is 23.1 Å². The van der Waals surface area contributed by atoms with Crippen LogP contribution in [0.1, 0.15) is 46.0 Å². The lowest BCUT2D eigenvalue weighted by Gasteiger charge is -2.39. The van der Waals surface area contributed by atoms with E-state index in [9.17, 15) is 14.4 Å². The molecule has 1 N–H and O–H groups in total. The molecule has 4 heterocycles. The van der Waals surface area contributed by atoms with E-state index in [0.29, 0.717) is 13.1 Å². The molecule has 31 heavy (non-hydrogen) atoms. The number of carbonyl (C=O) groups is 2. The fourth-order valence-electron chi connectivity index (χ4n) is 4.51. The van der Waals surface area contributed by atoms with E-state index in [1.165, 1.54) is 22.9 Å². The van der Waals surface area contributed by atoms with Crippen LogP contribution < -0.4 is 5.56 Å². The number of likely N-dealkylation sites (tertiary alicyclic amines) is 1. The van der Waals surface area contributed by atoms with Crippen LogP contribution in [-0.4, -0.2) is 56.8 Å². The van der Waals surface area contributed by atoms with Crippen molar-refractivity contribution in [1.29, 1.82) is 0 Å². The van der Waals surface area contributed by atoms with Crippen LogP contribution in [0.5, 0.6) is 0 Å². The maximum Gasteiger partial charge on any atom is 0.343 e. The third-order valence-corrected chi connectivity index (χ3v) is 7.60. The highest BCUT2D eigenvalue weighted by Gasteiger charge is 2.42. The Labute approximate surface area is 182 Å². The molecule has 1 amide bonds. The first-order chi connectivity index (χ1) is 15.0. The number of aromatic nitrogens is 3. The maximum absolute atomic E-state index is 13.1. The SMILES string of the molecule is CCOC(=O)c1c[nH]n2c(=O)c(C(=O)N3CCC4(CC3)CSc3ccccc34)cnc12. The van der Waals surface area contributed by atoms with Crippen LogP contribution in [0.2, 0.25) is 0 Å². The molecule has 1 saturated heterocycles. The Hall–Kier alpha value is -3.07. The van der Waals surface area contributed by atoms with Crippen molar-refractivity contribution in [3.05, 3.63) is 63.7 Å². The summed E-state index contributed by atoms with van der Waals surface area (Å²) in [5, 5.41) is 2.71. The smallest absolute Gasteiger partial charge is 0.343 e. The number of rotatable bonds is 3. The second-order valence-corrected chi connectivity index (χ2v) is 8.92. The number of aromatic amines is 1. The maximum atomic E-state index is 13.1. The molecule has 0 saturated carbocycles. The third-order valence-electron chi connectivity index (χ3n) is 6.24. The molecule has 2 aliphatic rings. The van der Waals surface area contributed by atoms with Crippen molar-refractivity contribution in [2.24, 2.45) is 0 Å². The van der Waals surface area contributed by atoms with Gasteiger partial charge in [0.25, 0.3) is 11.5 Å². The molecule has 0 aliphatic carbocycles. The van der Waals surface area contributed by atoms with E-state index in [1.807, 2.05) is 11.8 Å². The van der Waals surface area contributed by atoms with Gasteiger partial charge in [0.15, 0.2) is 5.65 Å². The van der Waals surface area contributed by atoms with Crippen LogP contribution >= 0.6 is 11.8 Å². The van der Waals surface area contributed by atoms with E-state index in [2.05, 4.69) is 34.3 Å². The minimum atomic E-state index is -0.566. The fraction of sp³-hybridized carbons (Fsp3) is 0.364. The average Bonchev–Trinajstić information content (AvgIpc) is 3.38. The molecule has 0 unspecified atom stereocenters. The Balaban J connectivity index is 1.37. The lowest BCUT2D eigenvalue weighted by Crippen LogP contribution is -2.46. The molecule has 8 nitrogen and oxygen atoms in total. The largest absolute Gasteiger partial charge is 0.462 e. The number of H-pyrrole nitrogens is 1. The molecule has 160 valence electrons. The molecule has 3 aromatic rings. The van der Waals surface area contributed by atoms with Crippen LogP contribution in [0.25, 0.3) is 5.65 Å². The summed E-state index contributed by atoms with van der Waals surface area (Å²) in [5.41, 5.74) is 1.27. The summed E-state index contributed by atoms with van der Waals surface area (Å²) < 4.78 is 6.11. The van der Waals surface area contributed by atoms with Gasteiger partial charge in [-0.15, -0.1) is 11.8 Å². The molecule has 9 heteroatoms. The van der Waals surface area contributed by atoms with Gasteiger partial charge in [0.2, 0.25) is 0 Å². The minimum absolute atomic E-state index is 0.00749. The standard InChI is InChI=1S/C22H22N4O4S/c1-2-30-21(29)14-12-24-26-18(14)23-11-15(20(26)28)19(27)25-9-7-22(8-10-25)13-31-17-6-4-3-5-16(17)22/h3-6,11-12,24H,2,7-10,13H2,1H3. The fourth-order valence-corrected chi connectivity index (χ4v) is 6.00. The number of amides is 1. The van der Waals surface area contributed by atoms with Crippen LogP contribution in [0, 0.1) is 0 Å². The van der Waals surface area contributed by atoms with Gasteiger partial charge in [0.05, 0.1) is 6.61 Å². The van der Waals surface area contributed by atoms with E-state index < -0.39 is 11.5 Å². The number of hydrogen-bond donors (Lipinski definition) is 1. The van der Waals surface area contributed by atoms with Crippen LogP contribution in [0.4, 0.5) is 0 Å². The molecule has 2 aliphatic heterocycles. The Kier molecular flexibility index (Phi) is 4.85. The molecular weight excluding hydrogens is 416 g/mol. The normalized spacial score (nSPS) is 17.1. The van der Waals surface area contributed by atoms with Crippen molar-refractivity contribution in [2.45, 2.75) is 30.1 Å². The zero-order chi connectivity index (χ0) is 21.6. The van der Waals surface area contributed by atoms with E-state index in [-0.39, 0.29) is 34.7 Å². The number of thioether (sulfide) groups is 1. The van der Waals surface area contributed by atoms with Crippen molar-refractivity contribution in [2.75, 3.05) is 25.4 Å². The number of nitrogens with one attached hydrogen (secondary N) is 1. The Bertz CT molecular complexity index is 1240. The summed E-state index contributed by atoms with van der Waals surface area (Å²) in [5.74, 6) is 0.139. The van der Waals surface area contributed by atoms with E-state index >= 15 is 0 Å². The summed E-state index contributed by atoms with van der Waals surface area (Å²) >= 11 is 1.88. The van der Waals surface area contributed by atoms with Crippen molar-refractivity contribution >= 4 is 29.3 Å². The number of carbonyl (C=O) groups excluding carboxylic acids is 2. The van der Waals surface area contributed by atoms with Crippen LogP contribution in [0.3, 0.4) is 0 Å². The molecule has 1 aromatic carbocycles. The summed E-state index contributed by atoms with van der Waals surface area (Å²) in [7, 11) is 0. The number of fused-ring (bicyclic) bond motifs is 3. The van der Waals surface area contributed by atoms with Crippen molar-refractivity contribution < 1.29 is 14.3 Å². The highest BCUT2D eigenvalue weighted by molar-refractivity contribution is 7.99.